The van der Waals surface area contributed by atoms with Crippen molar-refractivity contribution in [1.29, 1.82) is 0 Å². The predicted octanol–water partition coefficient (Wildman–Crippen LogP) is 3.48. The summed E-state index contributed by atoms with van der Waals surface area (Å²) in [6, 6.07) is 8.50. The molecule has 3 nitrogen and oxygen atoms in total. The molecule has 0 bridgehead atoms. The summed E-state index contributed by atoms with van der Waals surface area (Å²) in [5.41, 5.74) is 8.53. The van der Waals surface area contributed by atoms with Gasteiger partial charge in [-0.2, -0.15) is 0 Å². The molecule has 118 valence electrons. The Morgan fingerprint density at radius 3 is 2.91 bits per heavy atom. The lowest BCUT2D eigenvalue weighted by atomic mass is 9.98. The maximum Gasteiger partial charge on any atom is 0.0761 e. The predicted molar refractivity (Wildman–Crippen MR) is 93.5 cm³/mol. The van der Waals surface area contributed by atoms with E-state index in [4.69, 9.17) is 17.3 Å². The van der Waals surface area contributed by atoms with Gasteiger partial charge in [0.25, 0.3) is 0 Å². The first-order chi connectivity index (χ1) is 10.2. The zero-order valence-corrected chi connectivity index (χ0v) is 14.0. The third-order valence-corrected chi connectivity index (χ3v) is 5.51. The van der Waals surface area contributed by atoms with Gasteiger partial charge in [-0.1, -0.05) is 17.7 Å². The molecule has 1 aliphatic carbocycles. The fourth-order valence-corrected chi connectivity index (χ4v) is 4.31. The molecule has 1 aliphatic heterocycles. The summed E-state index contributed by atoms with van der Waals surface area (Å²) >= 11 is 6.27. The number of benzene rings is 1. The van der Waals surface area contributed by atoms with Gasteiger partial charge in [-0.25, -0.2) is 0 Å². The lowest BCUT2D eigenvalue weighted by molar-refractivity contribution is 0.299. The first-order valence-electron chi connectivity index (χ1n) is 7.72. The highest BCUT2D eigenvalue weighted by molar-refractivity contribution is 6.35. The van der Waals surface area contributed by atoms with E-state index in [1.807, 2.05) is 24.4 Å². The average molecular weight is 338 g/mol. The summed E-state index contributed by atoms with van der Waals surface area (Å²) in [4.78, 5) is 7.07. The Kier molecular flexibility index (Phi) is 4.60. The maximum atomic E-state index is 6.27. The summed E-state index contributed by atoms with van der Waals surface area (Å²) in [7, 11) is 0. The number of halogens is 2. The number of hydrogen-bond acceptors (Lipinski definition) is 3. The molecular weight excluding hydrogens is 317 g/mol. The monoisotopic (exact) mass is 337 g/mol. The van der Waals surface area contributed by atoms with Gasteiger partial charge in [-0.3, -0.25) is 9.88 Å². The first kappa shape index (κ1) is 16.0. The van der Waals surface area contributed by atoms with Crippen LogP contribution >= 0.6 is 24.0 Å². The maximum absolute atomic E-state index is 6.27. The van der Waals surface area contributed by atoms with E-state index in [1.54, 1.807) is 0 Å². The SMILES string of the molecule is Cl.NC1CCC2CN(Cc3ccc(Cl)c4cccnc34)CC12. The smallest absolute Gasteiger partial charge is 0.0761 e. The summed E-state index contributed by atoms with van der Waals surface area (Å²) in [6.07, 6.45) is 4.34. The van der Waals surface area contributed by atoms with Crippen LogP contribution in [0.2, 0.25) is 5.02 Å². The lowest BCUT2D eigenvalue weighted by Crippen LogP contribution is -2.30. The number of nitrogens with two attached hydrogens (primary N) is 1. The minimum Gasteiger partial charge on any atom is -0.327 e. The Labute approximate surface area is 142 Å². The number of nitrogens with zero attached hydrogens (tertiary/aromatic N) is 2. The molecule has 0 spiro atoms. The second-order valence-electron chi connectivity index (χ2n) is 6.47. The normalized spacial score (nSPS) is 27.8. The third kappa shape index (κ3) is 2.71. The molecule has 0 amide bonds. The van der Waals surface area contributed by atoms with Crippen molar-refractivity contribution in [1.82, 2.24) is 9.88 Å². The van der Waals surface area contributed by atoms with Crippen LogP contribution in [-0.2, 0) is 6.54 Å². The second-order valence-corrected chi connectivity index (χ2v) is 6.87. The van der Waals surface area contributed by atoms with Crippen LogP contribution < -0.4 is 5.73 Å². The van der Waals surface area contributed by atoms with Crippen LogP contribution in [0.4, 0.5) is 0 Å². The van der Waals surface area contributed by atoms with Gasteiger partial charge < -0.3 is 5.73 Å². The van der Waals surface area contributed by atoms with Gasteiger partial charge in [0.05, 0.1) is 5.52 Å². The molecule has 2 aromatic rings. The molecule has 1 aromatic carbocycles. The third-order valence-electron chi connectivity index (χ3n) is 5.18. The van der Waals surface area contributed by atoms with Crippen LogP contribution in [0.25, 0.3) is 10.9 Å². The largest absolute Gasteiger partial charge is 0.327 e. The van der Waals surface area contributed by atoms with Gasteiger partial charge in [-0.05, 0) is 48.4 Å². The molecule has 2 fully saturated rings. The van der Waals surface area contributed by atoms with Crippen molar-refractivity contribution in [3.63, 3.8) is 0 Å². The van der Waals surface area contributed by atoms with Crippen LogP contribution in [0.1, 0.15) is 18.4 Å². The summed E-state index contributed by atoms with van der Waals surface area (Å²) in [5, 5.41) is 1.83. The summed E-state index contributed by atoms with van der Waals surface area (Å²) in [5.74, 6) is 1.49. The molecule has 4 rings (SSSR count). The molecule has 1 aromatic heterocycles. The van der Waals surface area contributed by atoms with Gasteiger partial charge >= 0.3 is 0 Å². The number of likely N-dealkylation sites (tertiary alicyclic amines) is 1. The van der Waals surface area contributed by atoms with Crippen LogP contribution in [0, 0.1) is 11.8 Å². The van der Waals surface area contributed by atoms with Gasteiger partial charge in [-0.15, -0.1) is 12.4 Å². The van der Waals surface area contributed by atoms with Crippen molar-refractivity contribution < 1.29 is 0 Å². The zero-order chi connectivity index (χ0) is 14.4. The highest BCUT2D eigenvalue weighted by atomic mass is 35.5. The van der Waals surface area contributed by atoms with E-state index in [0.717, 1.165) is 34.9 Å². The molecule has 1 saturated heterocycles. The number of fused-ring (bicyclic) bond motifs is 2. The fourth-order valence-electron chi connectivity index (χ4n) is 4.09. The van der Waals surface area contributed by atoms with Crippen molar-refractivity contribution in [2.45, 2.75) is 25.4 Å². The minimum absolute atomic E-state index is 0. The molecule has 2 N–H and O–H groups in total. The molecular formula is C17H21Cl2N3. The Bertz CT molecular complexity index is 676. The molecule has 2 heterocycles. The van der Waals surface area contributed by atoms with E-state index >= 15 is 0 Å². The molecule has 1 saturated carbocycles. The van der Waals surface area contributed by atoms with Crippen LogP contribution in [0.3, 0.4) is 0 Å². The highest BCUT2D eigenvalue weighted by Gasteiger charge is 2.40. The van der Waals surface area contributed by atoms with Gasteiger partial charge in [0.1, 0.15) is 0 Å². The number of aromatic nitrogens is 1. The van der Waals surface area contributed by atoms with Gasteiger partial charge in [0, 0.05) is 42.3 Å². The van der Waals surface area contributed by atoms with Crippen LogP contribution in [-0.4, -0.2) is 29.0 Å². The van der Waals surface area contributed by atoms with E-state index in [1.165, 1.54) is 24.9 Å². The van der Waals surface area contributed by atoms with Crippen molar-refractivity contribution in [3.05, 3.63) is 41.0 Å². The van der Waals surface area contributed by atoms with E-state index in [-0.39, 0.29) is 12.4 Å². The van der Waals surface area contributed by atoms with E-state index < -0.39 is 0 Å². The Morgan fingerprint density at radius 2 is 2.09 bits per heavy atom. The molecule has 3 atom stereocenters. The number of rotatable bonds is 2. The van der Waals surface area contributed by atoms with Crippen molar-refractivity contribution >= 4 is 34.9 Å². The van der Waals surface area contributed by atoms with Crippen molar-refractivity contribution in [2.24, 2.45) is 17.6 Å². The quantitative estimate of drug-likeness (QED) is 0.912. The topological polar surface area (TPSA) is 42.1 Å². The van der Waals surface area contributed by atoms with Crippen LogP contribution in [0.5, 0.6) is 0 Å². The number of pyridine rings is 1. The Balaban J connectivity index is 0.00000144. The number of hydrogen-bond donors (Lipinski definition) is 1. The van der Waals surface area contributed by atoms with E-state index in [9.17, 15) is 0 Å². The molecule has 5 heteroatoms. The first-order valence-corrected chi connectivity index (χ1v) is 8.10. The summed E-state index contributed by atoms with van der Waals surface area (Å²) < 4.78 is 0. The van der Waals surface area contributed by atoms with Gasteiger partial charge in [0.15, 0.2) is 0 Å². The second kappa shape index (κ2) is 6.32. The Morgan fingerprint density at radius 1 is 1.23 bits per heavy atom. The van der Waals surface area contributed by atoms with Crippen LogP contribution in [0.15, 0.2) is 30.5 Å². The van der Waals surface area contributed by atoms with Crippen molar-refractivity contribution in [2.75, 3.05) is 13.1 Å². The fraction of sp³-hybridized carbons (Fsp3) is 0.471. The average Bonchev–Trinajstić information content (AvgIpc) is 3.05. The van der Waals surface area contributed by atoms with Gasteiger partial charge in [0.2, 0.25) is 0 Å². The Hall–Kier alpha value is -0.870. The minimum atomic E-state index is 0. The molecule has 0 radical (unpaired) electrons. The highest BCUT2D eigenvalue weighted by Crippen LogP contribution is 2.38. The molecule has 3 unspecified atom stereocenters. The standard InChI is InChI=1S/C17H20ClN3.ClH/c18-15-5-3-12(17-13(15)2-1-7-20-17)9-21-8-11-4-6-16(19)14(11)10-21;/h1-3,5,7,11,14,16H,4,6,8-10,19H2;1H. The van der Waals surface area contributed by atoms with E-state index in [0.29, 0.717) is 12.0 Å². The van der Waals surface area contributed by atoms with E-state index in [2.05, 4.69) is 16.0 Å². The zero-order valence-electron chi connectivity index (χ0n) is 12.4. The molecule has 2 aliphatic rings. The lowest BCUT2D eigenvalue weighted by Gasteiger charge is -2.19. The molecule has 22 heavy (non-hydrogen) atoms. The summed E-state index contributed by atoms with van der Waals surface area (Å²) in [6.45, 7) is 3.25. The van der Waals surface area contributed by atoms with Crippen molar-refractivity contribution in [3.8, 4) is 0 Å².